The third-order valence-electron chi connectivity index (χ3n) is 3.06. The molecule has 0 unspecified atom stereocenters. The summed E-state index contributed by atoms with van der Waals surface area (Å²) in [5.74, 6) is 1.44. The third-order valence-corrected chi connectivity index (χ3v) is 4.13. The fourth-order valence-electron chi connectivity index (χ4n) is 1.97. The van der Waals surface area contributed by atoms with Crippen molar-refractivity contribution in [2.24, 2.45) is 7.05 Å². The van der Waals surface area contributed by atoms with Gasteiger partial charge in [-0.05, 0) is 13.0 Å². The van der Waals surface area contributed by atoms with Crippen LogP contribution in [0.2, 0.25) is 5.15 Å². The molecule has 1 heterocycles. The Kier molecular flexibility index (Phi) is 4.94. The number of aryl methyl sites for hydroxylation is 2. The molecule has 0 aliphatic heterocycles. The van der Waals surface area contributed by atoms with Crippen molar-refractivity contribution in [2.45, 2.75) is 18.9 Å². The van der Waals surface area contributed by atoms with Crippen LogP contribution >= 0.6 is 27.5 Å². The van der Waals surface area contributed by atoms with Crippen LogP contribution in [0.1, 0.15) is 16.8 Å². The number of hydrogen-bond acceptors (Lipinski definition) is 3. The highest BCUT2D eigenvalue weighted by molar-refractivity contribution is 9.08. The topological polar surface area (TPSA) is 36.3 Å². The summed E-state index contributed by atoms with van der Waals surface area (Å²) in [7, 11) is 3.44. The van der Waals surface area contributed by atoms with Gasteiger partial charge in [0.1, 0.15) is 11.8 Å². The summed E-state index contributed by atoms with van der Waals surface area (Å²) in [6, 6.07) is 5.80. The van der Waals surface area contributed by atoms with E-state index in [9.17, 15) is 0 Å². The molecule has 1 aromatic heterocycles. The van der Waals surface area contributed by atoms with Gasteiger partial charge >= 0.3 is 0 Å². The largest absolute Gasteiger partial charge is 0.493 e. The first-order valence-corrected chi connectivity index (χ1v) is 7.61. The molecule has 0 saturated carbocycles. The number of hydrogen-bond donors (Lipinski definition) is 0. The first kappa shape index (κ1) is 15.2. The molecule has 0 radical (unpaired) electrons. The van der Waals surface area contributed by atoms with Crippen LogP contribution < -0.4 is 9.47 Å². The van der Waals surface area contributed by atoms with Crippen LogP contribution in [0.3, 0.4) is 0 Å². The molecular weight excluding hydrogens is 344 g/mol. The lowest BCUT2D eigenvalue weighted by Gasteiger charge is -2.14. The minimum Gasteiger partial charge on any atom is -0.493 e. The van der Waals surface area contributed by atoms with E-state index in [0.717, 1.165) is 22.6 Å². The SMILES string of the molecule is COc1cccc(CBr)c1OCc1c(C)nn(C)c1Cl. The predicted molar refractivity (Wildman–Crippen MR) is 82.9 cm³/mol. The zero-order valence-corrected chi connectivity index (χ0v) is 14.0. The lowest BCUT2D eigenvalue weighted by atomic mass is 10.2. The summed E-state index contributed by atoms with van der Waals surface area (Å²) in [4.78, 5) is 0. The summed E-state index contributed by atoms with van der Waals surface area (Å²) < 4.78 is 12.9. The molecule has 1 aromatic carbocycles. The summed E-state index contributed by atoms with van der Waals surface area (Å²) >= 11 is 9.66. The molecule has 0 saturated heterocycles. The molecule has 0 aliphatic carbocycles. The second kappa shape index (κ2) is 6.50. The maximum Gasteiger partial charge on any atom is 0.165 e. The normalized spacial score (nSPS) is 10.7. The standard InChI is InChI=1S/C14H16BrClN2O2/c1-9-11(14(16)18(2)17-9)8-20-13-10(7-15)5-4-6-12(13)19-3/h4-6H,7-8H2,1-3H3. The Morgan fingerprint density at radius 3 is 2.70 bits per heavy atom. The van der Waals surface area contributed by atoms with Gasteiger partial charge < -0.3 is 9.47 Å². The molecule has 108 valence electrons. The zero-order valence-electron chi connectivity index (χ0n) is 11.6. The van der Waals surface area contributed by atoms with Crippen molar-refractivity contribution in [3.8, 4) is 11.5 Å². The van der Waals surface area contributed by atoms with Gasteiger partial charge in [-0.1, -0.05) is 39.7 Å². The van der Waals surface area contributed by atoms with Crippen LogP contribution in [0.4, 0.5) is 0 Å². The minimum atomic E-state index is 0.360. The van der Waals surface area contributed by atoms with E-state index in [-0.39, 0.29) is 0 Å². The van der Waals surface area contributed by atoms with Crippen molar-refractivity contribution < 1.29 is 9.47 Å². The van der Waals surface area contributed by atoms with E-state index in [4.69, 9.17) is 21.1 Å². The van der Waals surface area contributed by atoms with Crippen molar-refractivity contribution in [3.05, 3.63) is 40.2 Å². The molecule has 0 fully saturated rings. The van der Waals surface area contributed by atoms with E-state index in [0.29, 0.717) is 22.8 Å². The Labute approximate surface area is 131 Å². The smallest absolute Gasteiger partial charge is 0.165 e. The van der Waals surface area contributed by atoms with Gasteiger partial charge in [-0.25, -0.2) is 0 Å². The van der Waals surface area contributed by atoms with Crippen molar-refractivity contribution in [2.75, 3.05) is 7.11 Å². The monoisotopic (exact) mass is 358 g/mol. The Balaban J connectivity index is 2.26. The lowest BCUT2D eigenvalue weighted by Crippen LogP contribution is -2.01. The summed E-state index contributed by atoms with van der Waals surface area (Å²) in [5, 5.41) is 5.56. The second-order valence-corrected chi connectivity index (χ2v) is 5.27. The molecule has 0 N–H and O–H groups in total. The van der Waals surface area contributed by atoms with Crippen molar-refractivity contribution >= 4 is 27.5 Å². The maximum absolute atomic E-state index is 6.21. The van der Waals surface area contributed by atoms with Gasteiger partial charge in [0.2, 0.25) is 0 Å². The fraction of sp³-hybridized carbons (Fsp3) is 0.357. The summed E-state index contributed by atoms with van der Waals surface area (Å²) in [6.07, 6.45) is 0. The third kappa shape index (κ3) is 2.94. The number of nitrogens with zero attached hydrogens (tertiary/aromatic N) is 2. The highest BCUT2D eigenvalue weighted by Crippen LogP contribution is 2.33. The van der Waals surface area contributed by atoms with E-state index >= 15 is 0 Å². The van der Waals surface area contributed by atoms with Crippen LogP contribution in [0, 0.1) is 6.92 Å². The second-order valence-electron chi connectivity index (χ2n) is 4.35. The molecule has 0 amide bonds. The van der Waals surface area contributed by atoms with Gasteiger partial charge in [-0.3, -0.25) is 4.68 Å². The molecule has 20 heavy (non-hydrogen) atoms. The van der Waals surface area contributed by atoms with E-state index in [1.807, 2.05) is 32.2 Å². The van der Waals surface area contributed by atoms with Crippen LogP contribution in [0.15, 0.2) is 18.2 Å². The molecule has 0 spiro atoms. The number of aromatic nitrogens is 2. The van der Waals surface area contributed by atoms with Gasteiger partial charge in [0.05, 0.1) is 12.8 Å². The molecule has 0 atom stereocenters. The van der Waals surface area contributed by atoms with Crippen molar-refractivity contribution in [3.63, 3.8) is 0 Å². The van der Waals surface area contributed by atoms with Crippen LogP contribution in [0.5, 0.6) is 11.5 Å². The molecule has 0 aliphatic rings. The van der Waals surface area contributed by atoms with Crippen molar-refractivity contribution in [1.82, 2.24) is 9.78 Å². The highest BCUT2D eigenvalue weighted by atomic mass is 79.9. The Morgan fingerprint density at radius 2 is 2.15 bits per heavy atom. The number of para-hydroxylation sites is 1. The van der Waals surface area contributed by atoms with E-state index in [1.165, 1.54) is 0 Å². The zero-order chi connectivity index (χ0) is 14.7. The molecule has 2 rings (SSSR count). The molecular formula is C14H16BrClN2O2. The molecule has 2 aromatic rings. The van der Waals surface area contributed by atoms with Gasteiger partial charge in [0, 0.05) is 23.5 Å². The van der Waals surface area contributed by atoms with Crippen LogP contribution in [0.25, 0.3) is 0 Å². The molecule has 4 nitrogen and oxygen atoms in total. The Morgan fingerprint density at radius 1 is 1.40 bits per heavy atom. The number of halogens is 2. The number of rotatable bonds is 5. The van der Waals surface area contributed by atoms with E-state index < -0.39 is 0 Å². The number of ether oxygens (including phenoxy) is 2. The first-order valence-electron chi connectivity index (χ1n) is 6.11. The van der Waals surface area contributed by atoms with Crippen LogP contribution in [-0.2, 0) is 19.0 Å². The summed E-state index contributed by atoms with van der Waals surface area (Å²) in [6.45, 7) is 2.27. The predicted octanol–water partition coefficient (Wildman–Crippen LogP) is 3.86. The van der Waals surface area contributed by atoms with E-state index in [1.54, 1.807) is 11.8 Å². The summed E-state index contributed by atoms with van der Waals surface area (Å²) in [5.41, 5.74) is 2.79. The molecule has 6 heteroatoms. The minimum absolute atomic E-state index is 0.360. The van der Waals surface area contributed by atoms with Gasteiger partial charge in [-0.15, -0.1) is 0 Å². The Hall–Kier alpha value is -1.20. The Bertz CT molecular complexity index is 591. The average Bonchev–Trinajstić information content (AvgIpc) is 2.69. The van der Waals surface area contributed by atoms with E-state index in [2.05, 4.69) is 21.0 Å². The first-order chi connectivity index (χ1) is 9.58. The van der Waals surface area contributed by atoms with Gasteiger partial charge in [-0.2, -0.15) is 5.10 Å². The van der Waals surface area contributed by atoms with Crippen molar-refractivity contribution in [1.29, 1.82) is 0 Å². The average molecular weight is 360 g/mol. The van der Waals surface area contributed by atoms with Gasteiger partial charge in [0.15, 0.2) is 11.5 Å². The van der Waals surface area contributed by atoms with Gasteiger partial charge in [0.25, 0.3) is 0 Å². The fourth-order valence-corrected chi connectivity index (χ4v) is 2.64. The van der Waals surface area contributed by atoms with Crippen LogP contribution in [-0.4, -0.2) is 16.9 Å². The maximum atomic E-state index is 6.21. The number of methoxy groups -OCH3 is 1. The lowest BCUT2D eigenvalue weighted by molar-refractivity contribution is 0.281. The number of alkyl halides is 1. The quantitative estimate of drug-likeness (QED) is 0.761. The molecule has 0 bridgehead atoms. The highest BCUT2D eigenvalue weighted by Gasteiger charge is 2.15. The number of benzene rings is 1.